The molecular formula is C16H18Cl2O2. The highest BCUT2D eigenvalue weighted by Crippen LogP contribution is 2.50. The zero-order valence-corrected chi connectivity index (χ0v) is 13.0. The maximum absolute atomic E-state index is 12.5. The van der Waals surface area contributed by atoms with Crippen molar-refractivity contribution in [2.24, 2.45) is 17.8 Å². The first-order chi connectivity index (χ1) is 9.58. The molecule has 2 aliphatic rings. The van der Waals surface area contributed by atoms with Gasteiger partial charge in [0.2, 0.25) is 0 Å². The standard InChI is InChI=1S/C16H18Cl2O2/c1-20-16-8-13(17)12(7-14(16)18)15(19)6-11-5-9-2-3-10(11)4-9/h7-11H,2-6H2,1H3. The molecule has 0 amide bonds. The van der Waals surface area contributed by atoms with Gasteiger partial charge in [0.1, 0.15) is 5.75 Å². The second-order valence-corrected chi connectivity index (χ2v) is 6.84. The number of rotatable bonds is 4. The average Bonchev–Trinajstić information content (AvgIpc) is 3.03. The Morgan fingerprint density at radius 1 is 1.25 bits per heavy atom. The van der Waals surface area contributed by atoms with Crippen LogP contribution in [0.15, 0.2) is 12.1 Å². The fourth-order valence-electron chi connectivity index (χ4n) is 3.87. The van der Waals surface area contributed by atoms with E-state index in [0.717, 1.165) is 11.8 Å². The van der Waals surface area contributed by atoms with Crippen molar-refractivity contribution >= 4 is 29.0 Å². The smallest absolute Gasteiger partial charge is 0.164 e. The lowest BCUT2D eigenvalue weighted by Gasteiger charge is -2.21. The lowest BCUT2D eigenvalue weighted by molar-refractivity contribution is 0.0944. The third-order valence-corrected chi connectivity index (χ3v) is 5.48. The summed E-state index contributed by atoms with van der Waals surface area (Å²) in [6.45, 7) is 0. The monoisotopic (exact) mass is 312 g/mol. The number of methoxy groups -OCH3 is 1. The number of Topliss-reactive ketones (excluding diaryl/α,β-unsaturated/α-hetero) is 1. The van der Waals surface area contributed by atoms with Gasteiger partial charge in [-0.2, -0.15) is 0 Å². The Balaban J connectivity index is 1.75. The van der Waals surface area contributed by atoms with Crippen LogP contribution in [0.5, 0.6) is 5.75 Å². The molecule has 0 radical (unpaired) electrons. The molecule has 2 fully saturated rings. The number of hydrogen-bond acceptors (Lipinski definition) is 2. The van der Waals surface area contributed by atoms with Crippen LogP contribution in [0.1, 0.15) is 42.5 Å². The van der Waals surface area contributed by atoms with Crippen molar-refractivity contribution in [3.63, 3.8) is 0 Å². The van der Waals surface area contributed by atoms with Crippen LogP contribution >= 0.6 is 23.2 Å². The van der Waals surface area contributed by atoms with E-state index in [-0.39, 0.29) is 5.78 Å². The minimum absolute atomic E-state index is 0.108. The minimum Gasteiger partial charge on any atom is -0.495 e. The Kier molecular flexibility index (Phi) is 3.96. The number of fused-ring (bicyclic) bond motifs is 2. The van der Waals surface area contributed by atoms with E-state index in [2.05, 4.69) is 0 Å². The number of benzene rings is 1. The molecule has 0 heterocycles. The van der Waals surface area contributed by atoms with Crippen LogP contribution in [0.4, 0.5) is 0 Å². The van der Waals surface area contributed by atoms with Gasteiger partial charge in [0.15, 0.2) is 5.78 Å². The zero-order valence-electron chi connectivity index (χ0n) is 11.5. The highest BCUT2D eigenvalue weighted by molar-refractivity contribution is 6.36. The summed E-state index contributed by atoms with van der Waals surface area (Å²) in [5.74, 6) is 2.76. The topological polar surface area (TPSA) is 26.3 Å². The van der Waals surface area contributed by atoms with Crippen molar-refractivity contribution < 1.29 is 9.53 Å². The van der Waals surface area contributed by atoms with E-state index in [1.807, 2.05) is 0 Å². The van der Waals surface area contributed by atoms with Gasteiger partial charge in [-0.05, 0) is 43.1 Å². The fraction of sp³-hybridized carbons (Fsp3) is 0.562. The van der Waals surface area contributed by atoms with Crippen LogP contribution < -0.4 is 4.74 Å². The molecular weight excluding hydrogens is 295 g/mol. The molecule has 1 aromatic carbocycles. The molecule has 0 spiro atoms. The largest absolute Gasteiger partial charge is 0.495 e. The van der Waals surface area contributed by atoms with Crippen LogP contribution in [0.3, 0.4) is 0 Å². The van der Waals surface area contributed by atoms with Crippen molar-refractivity contribution in [2.75, 3.05) is 7.11 Å². The average molecular weight is 313 g/mol. The summed E-state index contributed by atoms with van der Waals surface area (Å²) in [7, 11) is 1.54. The summed E-state index contributed by atoms with van der Waals surface area (Å²) in [6.07, 6.45) is 5.76. The van der Waals surface area contributed by atoms with Crippen molar-refractivity contribution in [3.8, 4) is 5.75 Å². The van der Waals surface area contributed by atoms with Crippen LogP contribution in [-0.4, -0.2) is 12.9 Å². The van der Waals surface area contributed by atoms with Crippen LogP contribution in [0, 0.1) is 17.8 Å². The van der Waals surface area contributed by atoms with Gasteiger partial charge in [-0.1, -0.05) is 29.6 Å². The Morgan fingerprint density at radius 3 is 2.65 bits per heavy atom. The Bertz CT molecular complexity index is 542. The normalized spacial score (nSPS) is 27.9. The van der Waals surface area contributed by atoms with Gasteiger partial charge < -0.3 is 4.74 Å². The third kappa shape index (κ3) is 2.56. The molecule has 3 rings (SSSR count). The summed E-state index contributed by atoms with van der Waals surface area (Å²) in [6, 6.07) is 3.26. The van der Waals surface area contributed by atoms with E-state index in [1.165, 1.54) is 32.8 Å². The Labute approximate surface area is 129 Å². The van der Waals surface area contributed by atoms with Crippen LogP contribution in [0.2, 0.25) is 10.0 Å². The second-order valence-electron chi connectivity index (χ2n) is 6.03. The van der Waals surface area contributed by atoms with E-state index in [4.69, 9.17) is 27.9 Å². The number of hydrogen-bond donors (Lipinski definition) is 0. The quantitative estimate of drug-likeness (QED) is 0.730. The molecule has 20 heavy (non-hydrogen) atoms. The number of carbonyl (C=O) groups is 1. The highest BCUT2D eigenvalue weighted by Gasteiger charge is 2.40. The van der Waals surface area contributed by atoms with Crippen LogP contribution in [0.25, 0.3) is 0 Å². The first-order valence-electron chi connectivity index (χ1n) is 7.14. The molecule has 3 atom stereocenters. The number of ether oxygens (including phenoxy) is 1. The summed E-state index contributed by atoms with van der Waals surface area (Å²) in [5.41, 5.74) is 0.528. The molecule has 4 heteroatoms. The molecule has 0 N–H and O–H groups in total. The fourth-order valence-corrected chi connectivity index (χ4v) is 4.37. The minimum atomic E-state index is 0.108. The molecule has 2 aliphatic carbocycles. The van der Waals surface area contributed by atoms with Crippen molar-refractivity contribution in [1.82, 2.24) is 0 Å². The van der Waals surface area contributed by atoms with E-state index < -0.39 is 0 Å². The SMILES string of the molecule is COc1cc(Cl)c(C(=O)CC2CC3CCC2C3)cc1Cl. The van der Waals surface area contributed by atoms with Crippen molar-refractivity contribution in [1.29, 1.82) is 0 Å². The van der Waals surface area contributed by atoms with Crippen molar-refractivity contribution in [3.05, 3.63) is 27.7 Å². The highest BCUT2D eigenvalue weighted by atomic mass is 35.5. The van der Waals surface area contributed by atoms with Gasteiger partial charge in [-0.15, -0.1) is 0 Å². The molecule has 2 saturated carbocycles. The number of halogens is 2. The van der Waals surface area contributed by atoms with Crippen molar-refractivity contribution in [2.45, 2.75) is 32.1 Å². The molecule has 108 valence electrons. The lowest BCUT2D eigenvalue weighted by atomic mass is 9.84. The van der Waals surface area contributed by atoms with E-state index in [1.54, 1.807) is 12.1 Å². The predicted molar refractivity (Wildman–Crippen MR) is 80.9 cm³/mol. The van der Waals surface area contributed by atoms with E-state index in [9.17, 15) is 4.79 Å². The molecule has 0 saturated heterocycles. The molecule has 3 unspecified atom stereocenters. The van der Waals surface area contributed by atoms with E-state index in [0.29, 0.717) is 33.7 Å². The van der Waals surface area contributed by atoms with Gasteiger partial charge in [0.05, 0.1) is 17.2 Å². The third-order valence-electron chi connectivity index (χ3n) is 4.87. The summed E-state index contributed by atoms with van der Waals surface area (Å²) >= 11 is 12.3. The summed E-state index contributed by atoms with van der Waals surface area (Å²) in [4.78, 5) is 12.5. The van der Waals surface area contributed by atoms with Gasteiger partial charge in [-0.25, -0.2) is 0 Å². The van der Waals surface area contributed by atoms with Gasteiger partial charge in [0.25, 0.3) is 0 Å². The van der Waals surface area contributed by atoms with Gasteiger partial charge >= 0.3 is 0 Å². The Hall–Kier alpha value is -0.730. The zero-order chi connectivity index (χ0) is 14.3. The van der Waals surface area contributed by atoms with Gasteiger partial charge in [-0.3, -0.25) is 4.79 Å². The molecule has 2 nitrogen and oxygen atoms in total. The first-order valence-corrected chi connectivity index (χ1v) is 7.90. The second kappa shape index (κ2) is 5.57. The molecule has 2 bridgehead atoms. The van der Waals surface area contributed by atoms with Crippen LogP contribution in [-0.2, 0) is 0 Å². The maximum Gasteiger partial charge on any atom is 0.164 e. The summed E-state index contributed by atoms with van der Waals surface area (Å²) < 4.78 is 5.11. The predicted octanol–water partition coefficient (Wildman–Crippen LogP) is 5.01. The summed E-state index contributed by atoms with van der Waals surface area (Å²) in [5, 5.41) is 0.868. The van der Waals surface area contributed by atoms with E-state index >= 15 is 0 Å². The number of carbonyl (C=O) groups excluding carboxylic acids is 1. The lowest BCUT2D eigenvalue weighted by Crippen LogP contribution is -2.15. The molecule has 1 aromatic rings. The van der Waals surface area contributed by atoms with Gasteiger partial charge in [0, 0.05) is 18.1 Å². The number of ketones is 1. The Morgan fingerprint density at radius 2 is 2.05 bits per heavy atom. The molecule has 0 aliphatic heterocycles. The first kappa shape index (κ1) is 14.2. The molecule has 0 aromatic heterocycles. The maximum atomic E-state index is 12.5.